The molecule has 19 heteroatoms. The first kappa shape index (κ1) is 36.8. The first-order chi connectivity index (χ1) is 21.2. The summed E-state index contributed by atoms with van der Waals surface area (Å²) in [6.07, 6.45) is -26.0. The molecule has 4 aliphatic rings. The number of hydrogen-bond acceptors (Lipinski definition) is 19. The predicted octanol–water partition coefficient (Wildman–Crippen LogP) is -7.91. The normalized spacial score (nSPS) is 51.2. The fourth-order valence-electron chi connectivity index (χ4n) is 5.97. The Hall–Kier alpha value is -1.02. The summed E-state index contributed by atoms with van der Waals surface area (Å²) in [6, 6.07) is -2.05. The van der Waals surface area contributed by atoms with Crippen LogP contribution in [0.3, 0.4) is 0 Å². The van der Waals surface area contributed by atoms with Gasteiger partial charge in [0.1, 0.15) is 79.4 Å². The van der Waals surface area contributed by atoms with Gasteiger partial charge in [0, 0.05) is 7.11 Å². The first-order valence-electron chi connectivity index (χ1n) is 14.5. The summed E-state index contributed by atoms with van der Waals surface area (Å²) >= 11 is 0. The van der Waals surface area contributed by atoms with Gasteiger partial charge in [-0.25, -0.2) is 0 Å². The molecule has 13 N–H and O–H groups in total. The summed E-state index contributed by atoms with van der Waals surface area (Å²) in [5.74, 6) is 0. The van der Waals surface area contributed by atoms with E-state index in [1.807, 2.05) is 0 Å². The van der Waals surface area contributed by atoms with Gasteiger partial charge >= 0.3 is 0 Å². The molecule has 0 spiro atoms. The molecule has 0 aromatic heterocycles. The molecular formula is C26H45NO18. The van der Waals surface area contributed by atoms with Gasteiger partial charge in [-0.1, -0.05) is 6.08 Å². The van der Waals surface area contributed by atoms with Crippen molar-refractivity contribution in [2.75, 3.05) is 26.9 Å². The molecule has 1 aliphatic carbocycles. The highest BCUT2D eigenvalue weighted by molar-refractivity contribution is 5.22. The van der Waals surface area contributed by atoms with Crippen LogP contribution in [0.4, 0.5) is 0 Å². The molecule has 3 fully saturated rings. The van der Waals surface area contributed by atoms with Crippen molar-refractivity contribution in [3.8, 4) is 0 Å². The summed E-state index contributed by atoms with van der Waals surface area (Å²) in [5, 5.41) is 127. The van der Waals surface area contributed by atoms with Gasteiger partial charge in [-0.3, -0.25) is 0 Å². The van der Waals surface area contributed by atoms with E-state index in [9.17, 15) is 61.3 Å². The Morgan fingerprint density at radius 2 is 1.20 bits per heavy atom. The van der Waals surface area contributed by atoms with E-state index in [0.717, 1.165) is 0 Å². The Labute approximate surface area is 257 Å². The molecule has 262 valence electrons. The second kappa shape index (κ2) is 15.5. The molecule has 3 saturated heterocycles. The highest BCUT2D eigenvalue weighted by Crippen LogP contribution is 2.32. The van der Waals surface area contributed by atoms with Crippen LogP contribution in [-0.2, 0) is 28.4 Å². The van der Waals surface area contributed by atoms with Gasteiger partial charge in [0.05, 0.1) is 38.0 Å². The third-order valence-electron chi connectivity index (χ3n) is 8.60. The molecule has 45 heavy (non-hydrogen) atoms. The van der Waals surface area contributed by atoms with Crippen molar-refractivity contribution in [2.45, 2.75) is 123 Å². The second-order valence-electron chi connectivity index (χ2n) is 11.6. The quantitative estimate of drug-likeness (QED) is 0.0968. The van der Waals surface area contributed by atoms with Gasteiger partial charge in [0.25, 0.3) is 0 Å². The maximum atomic E-state index is 11.0. The van der Waals surface area contributed by atoms with Gasteiger partial charge < -0.3 is 95.0 Å². The Kier molecular flexibility index (Phi) is 12.7. The van der Waals surface area contributed by atoms with Gasteiger partial charge in [-0.2, -0.15) is 0 Å². The number of methoxy groups -OCH3 is 1. The molecule has 8 unspecified atom stereocenters. The second-order valence-corrected chi connectivity index (χ2v) is 11.6. The maximum absolute atomic E-state index is 11.0. The molecule has 0 radical (unpaired) electrons. The van der Waals surface area contributed by atoms with Crippen molar-refractivity contribution in [3.63, 3.8) is 0 Å². The molecule has 0 aromatic carbocycles. The largest absolute Gasteiger partial charge is 0.394 e. The standard InChI is InChI=1S/C26H45NO18/c1-7-12(27-9-3-8(6-40-2)13(30)16(33)14(9)31)15(32)20(37)25(41-7)44-23-11(5-29)43-26(21(38)18(23)35)45-22-10(4-28)42-24(39)19(36)17(22)34/h3,7,9-39H,4-6H2,1-2H3/t7?,9-,10?,11?,12+,13+,14-,15?,16-,17+,18+,19?,20?,21?,22+,23+,24?,25+,26+/m0/s1. The fraction of sp³-hybridized carbons (Fsp3) is 0.923. The molecule has 4 rings (SSSR count). The van der Waals surface area contributed by atoms with Crippen molar-refractivity contribution in [2.24, 2.45) is 0 Å². The Morgan fingerprint density at radius 1 is 0.667 bits per heavy atom. The van der Waals surface area contributed by atoms with Crippen molar-refractivity contribution >= 4 is 0 Å². The molecule has 3 heterocycles. The molecule has 0 bridgehead atoms. The summed E-state index contributed by atoms with van der Waals surface area (Å²) in [7, 11) is 1.38. The molecular weight excluding hydrogens is 614 g/mol. The minimum atomic E-state index is -1.92. The third kappa shape index (κ3) is 7.52. The molecule has 0 saturated carbocycles. The maximum Gasteiger partial charge on any atom is 0.187 e. The zero-order valence-electron chi connectivity index (χ0n) is 24.5. The number of ether oxygens (including phenoxy) is 6. The number of rotatable bonds is 10. The Bertz CT molecular complexity index is 974. The fourth-order valence-corrected chi connectivity index (χ4v) is 5.97. The summed E-state index contributed by atoms with van der Waals surface area (Å²) < 4.78 is 32.5. The molecule has 19 nitrogen and oxygen atoms in total. The van der Waals surface area contributed by atoms with Crippen LogP contribution < -0.4 is 5.32 Å². The lowest BCUT2D eigenvalue weighted by Crippen LogP contribution is -2.68. The van der Waals surface area contributed by atoms with Crippen LogP contribution in [0.5, 0.6) is 0 Å². The summed E-state index contributed by atoms with van der Waals surface area (Å²) in [6.45, 7) is -0.136. The zero-order chi connectivity index (χ0) is 33.3. The highest BCUT2D eigenvalue weighted by atomic mass is 16.7. The summed E-state index contributed by atoms with van der Waals surface area (Å²) in [5.41, 5.74) is 0.279. The topological polar surface area (TPSA) is 310 Å². The lowest BCUT2D eigenvalue weighted by molar-refractivity contribution is -0.373. The number of hydrogen-bond donors (Lipinski definition) is 13. The van der Waals surface area contributed by atoms with Crippen LogP contribution in [-0.4, -0.2) is 205 Å². The monoisotopic (exact) mass is 659 g/mol. The Morgan fingerprint density at radius 3 is 1.78 bits per heavy atom. The van der Waals surface area contributed by atoms with Crippen LogP contribution >= 0.6 is 0 Å². The first-order valence-corrected chi connectivity index (χ1v) is 14.5. The van der Waals surface area contributed by atoms with Crippen LogP contribution in [0.2, 0.25) is 0 Å². The number of aliphatic hydroxyl groups excluding tert-OH is 12. The smallest absolute Gasteiger partial charge is 0.187 e. The lowest BCUT2D eigenvalue weighted by atomic mass is 9.86. The van der Waals surface area contributed by atoms with Crippen LogP contribution in [0.1, 0.15) is 6.92 Å². The molecule has 0 amide bonds. The minimum absolute atomic E-state index is 0.0430. The van der Waals surface area contributed by atoms with E-state index in [2.05, 4.69) is 5.32 Å². The van der Waals surface area contributed by atoms with Crippen molar-refractivity contribution in [3.05, 3.63) is 11.6 Å². The predicted molar refractivity (Wildman–Crippen MR) is 143 cm³/mol. The van der Waals surface area contributed by atoms with Crippen LogP contribution in [0, 0.1) is 0 Å². The SMILES string of the molecule is COCC1=C[C@H](N[C@@H]2C(C)O[C@H](O[C@@H]3C(CO)O[C@H](O[C@@H]4C(CO)OC(O)C(O)[C@H]4O)C(O)[C@H]3O)C(O)C2O)[C@H](O)[C@@H](O)[C@@H]1O. The third-order valence-corrected chi connectivity index (χ3v) is 8.60. The average Bonchev–Trinajstić information content (AvgIpc) is 3.02. The van der Waals surface area contributed by atoms with E-state index in [-0.39, 0.29) is 12.2 Å². The number of aliphatic hydroxyl groups is 12. The van der Waals surface area contributed by atoms with Crippen molar-refractivity contribution < 1.29 is 89.7 Å². The van der Waals surface area contributed by atoms with Crippen molar-refractivity contribution in [1.82, 2.24) is 5.32 Å². The van der Waals surface area contributed by atoms with Crippen molar-refractivity contribution in [1.29, 1.82) is 0 Å². The average molecular weight is 660 g/mol. The van der Waals surface area contributed by atoms with E-state index in [0.29, 0.717) is 0 Å². The molecule has 0 aromatic rings. The van der Waals surface area contributed by atoms with Gasteiger partial charge in [-0.15, -0.1) is 0 Å². The van der Waals surface area contributed by atoms with E-state index in [1.165, 1.54) is 20.1 Å². The van der Waals surface area contributed by atoms with E-state index < -0.39 is 130 Å². The lowest BCUT2D eigenvalue weighted by Gasteiger charge is -2.48. The van der Waals surface area contributed by atoms with Gasteiger partial charge in [0.15, 0.2) is 18.9 Å². The molecule has 19 atom stereocenters. The zero-order valence-corrected chi connectivity index (χ0v) is 24.5. The molecule has 3 aliphatic heterocycles. The minimum Gasteiger partial charge on any atom is -0.394 e. The van der Waals surface area contributed by atoms with Crippen LogP contribution in [0.25, 0.3) is 0 Å². The Balaban J connectivity index is 1.42. The van der Waals surface area contributed by atoms with E-state index >= 15 is 0 Å². The highest BCUT2D eigenvalue weighted by Gasteiger charge is 2.53. The van der Waals surface area contributed by atoms with Gasteiger partial charge in [-0.05, 0) is 12.5 Å². The number of nitrogens with one attached hydrogen (secondary N) is 1. The van der Waals surface area contributed by atoms with Gasteiger partial charge in [0.2, 0.25) is 0 Å². The van der Waals surface area contributed by atoms with Crippen LogP contribution in [0.15, 0.2) is 11.6 Å². The van der Waals surface area contributed by atoms with E-state index in [1.54, 1.807) is 0 Å². The summed E-state index contributed by atoms with van der Waals surface area (Å²) in [4.78, 5) is 0. The van der Waals surface area contributed by atoms with E-state index in [4.69, 9.17) is 28.4 Å².